The van der Waals surface area contributed by atoms with Crippen molar-refractivity contribution in [1.82, 2.24) is 0 Å². The molecule has 0 bridgehead atoms. The third-order valence-corrected chi connectivity index (χ3v) is 37.5. The molecule has 21 rings (SSSR count). The number of benzene rings is 18. The van der Waals surface area contributed by atoms with Gasteiger partial charge in [-0.05, 0) is 187 Å². The molecular weight excluding hydrogens is 1270 g/mol. The van der Waals surface area contributed by atoms with Crippen LogP contribution in [-0.4, -0.2) is 24.2 Å². The average molecular weight is 1350 g/mol. The van der Waals surface area contributed by atoms with Gasteiger partial charge >= 0.3 is 0 Å². The average Bonchev–Trinajstić information content (AvgIpc) is 1.53. The van der Waals surface area contributed by atoms with Gasteiger partial charge in [-0.3, -0.25) is 0 Å². The zero-order valence-corrected chi connectivity index (χ0v) is 60.4. The number of aryl methyl sites for hydroxylation is 3. The molecule has 3 heterocycles. The third kappa shape index (κ3) is 9.11. The van der Waals surface area contributed by atoms with Crippen molar-refractivity contribution in [3.63, 3.8) is 0 Å². The van der Waals surface area contributed by atoms with Crippen LogP contribution in [0, 0.1) is 20.8 Å². The molecule has 0 amide bonds. The van der Waals surface area contributed by atoms with E-state index in [0.29, 0.717) is 0 Å². The summed E-state index contributed by atoms with van der Waals surface area (Å²) in [6, 6.07) is 144. The van der Waals surface area contributed by atoms with Crippen LogP contribution in [0.25, 0.3) is 98.0 Å². The van der Waals surface area contributed by atoms with Crippen LogP contribution < -0.4 is 62.2 Å². The Bertz CT molecular complexity index is 6020. The molecule has 480 valence electrons. The maximum Gasteiger partial charge on any atom is 0.181 e. The first-order valence-electron chi connectivity index (χ1n) is 35.9. The molecule has 3 aliphatic heterocycles. The normalized spacial score (nSPS) is 13.7. The van der Waals surface area contributed by atoms with E-state index in [4.69, 9.17) is 0 Å². The highest BCUT2D eigenvalue weighted by molar-refractivity contribution is 7.25. The van der Waals surface area contributed by atoms with E-state index in [1.165, 1.54) is 177 Å². The quantitative estimate of drug-likeness (QED) is 0.146. The van der Waals surface area contributed by atoms with Gasteiger partial charge in [0.15, 0.2) is 24.2 Å². The molecule has 0 atom stereocenters. The van der Waals surface area contributed by atoms with Crippen LogP contribution in [0.4, 0.5) is 0 Å². The largest absolute Gasteiger partial charge is 0.181 e. The van der Waals surface area contributed by atoms with Gasteiger partial charge in [0.25, 0.3) is 0 Å². The van der Waals surface area contributed by atoms with Crippen molar-refractivity contribution in [2.45, 2.75) is 20.8 Å². The van der Waals surface area contributed by atoms with E-state index in [1.807, 2.05) is 0 Å². The van der Waals surface area contributed by atoms with E-state index in [-0.39, 0.29) is 0 Å². The molecule has 3 aliphatic rings. The van der Waals surface area contributed by atoms with Crippen LogP contribution in [0.5, 0.6) is 0 Å². The summed E-state index contributed by atoms with van der Waals surface area (Å²) < 4.78 is 0. The van der Waals surface area contributed by atoms with Crippen LogP contribution >= 0.6 is 0 Å². The molecule has 0 saturated carbocycles. The topological polar surface area (TPSA) is 0 Å². The van der Waals surface area contributed by atoms with Crippen molar-refractivity contribution in [3.05, 3.63) is 399 Å². The first-order valence-corrected chi connectivity index (χ1v) is 41.9. The summed E-state index contributed by atoms with van der Waals surface area (Å²) in [4.78, 5) is 0. The highest BCUT2D eigenvalue weighted by Crippen LogP contribution is 2.41. The lowest BCUT2D eigenvalue weighted by Gasteiger charge is -2.32. The minimum atomic E-state index is -2.53. The molecule has 0 unspecified atom stereocenters. The maximum absolute atomic E-state index is 2.53. The SMILES string of the molecule is Cc1ccc2c3c(ccc2c1)-c1c(ccc2ccccc12)[Si]3(c1ccccc1)c1ccccc1.Cc1ccc2ccc3c(c2c1)[Si](c1ccccc1)(c1ccccc1)c1ccc2ccccc2c1-3.Cc1cccc2c3c(ccc12)-c1c(ccc2ccccc12)[Si]3(c1ccccc1)c1ccccc1. The fourth-order valence-corrected chi connectivity index (χ4v) is 34.9. The van der Waals surface area contributed by atoms with E-state index in [0.717, 1.165) is 0 Å². The Kier molecular flexibility index (Phi) is 14.7. The molecule has 0 aromatic heterocycles. The molecule has 0 radical (unpaired) electrons. The van der Waals surface area contributed by atoms with Gasteiger partial charge in [-0.25, -0.2) is 0 Å². The second-order valence-corrected chi connectivity index (χ2v) is 39.2. The lowest BCUT2D eigenvalue weighted by atomic mass is 9.95. The molecule has 18 aromatic carbocycles. The standard InChI is InChI=1S/3C33H24Si/c1-23-11-10-18-29-27(23)20-21-30-32-28-17-9-8-12-24(28)19-22-31(32)34(33(29)30,25-13-4-2-5-14-25)26-15-6-3-7-16-26;1-23-16-19-29-25(22-23)17-20-30-32-28-15-9-8-10-24(28)18-21-31(32)34(33(29)30,26-11-4-2-5-12-26)27-13-6-3-7-14-27;1-23-16-17-25-18-20-29-32-28-15-9-8-10-24(28)19-21-31(32)34(33(29)30(25)22-23,26-11-4-2-5-12-26)27-13-6-3-7-14-27/h3*2-22H,1H3. The summed E-state index contributed by atoms with van der Waals surface area (Å²) in [5, 5.41) is 34.0. The van der Waals surface area contributed by atoms with Crippen molar-refractivity contribution in [1.29, 1.82) is 0 Å². The van der Waals surface area contributed by atoms with E-state index >= 15 is 0 Å². The summed E-state index contributed by atoms with van der Waals surface area (Å²) in [5.74, 6) is 0. The number of fused-ring (bicyclic) bond motifs is 21. The third-order valence-electron chi connectivity index (χ3n) is 22.8. The van der Waals surface area contributed by atoms with Crippen LogP contribution in [0.1, 0.15) is 16.7 Å². The van der Waals surface area contributed by atoms with Gasteiger partial charge in [0.05, 0.1) is 0 Å². The Morgan fingerprint density at radius 2 is 0.461 bits per heavy atom. The lowest BCUT2D eigenvalue weighted by Crippen LogP contribution is -2.73. The van der Waals surface area contributed by atoms with Crippen molar-refractivity contribution < 1.29 is 0 Å². The number of hydrogen-bond acceptors (Lipinski definition) is 0. The van der Waals surface area contributed by atoms with Crippen molar-refractivity contribution in [2.75, 3.05) is 0 Å². The minimum Gasteiger partial charge on any atom is -0.0623 e. The summed E-state index contributed by atoms with van der Waals surface area (Å²) in [7, 11) is -7.59. The maximum atomic E-state index is 2.44. The number of hydrogen-bond donors (Lipinski definition) is 0. The van der Waals surface area contributed by atoms with Gasteiger partial charge in [-0.15, -0.1) is 0 Å². The van der Waals surface area contributed by atoms with Gasteiger partial charge < -0.3 is 0 Å². The molecular formula is C99H72Si3. The van der Waals surface area contributed by atoms with E-state index in [9.17, 15) is 0 Å². The smallest absolute Gasteiger partial charge is 0.0623 e. The second-order valence-electron chi connectivity index (χ2n) is 28.2. The Morgan fingerprint density at radius 3 is 0.873 bits per heavy atom. The fourth-order valence-electron chi connectivity index (χ4n) is 18.7. The van der Waals surface area contributed by atoms with E-state index in [1.54, 1.807) is 0 Å². The van der Waals surface area contributed by atoms with E-state index in [2.05, 4.69) is 403 Å². The molecule has 0 saturated heterocycles. The van der Waals surface area contributed by atoms with Crippen molar-refractivity contribution in [2.24, 2.45) is 0 Å². The van der Waals surface area contributed by atoms with E-state index < -0.39 is 24.2 Å². The molecule has 0 aliphatic carbocycles. The minimum absolute atomic E-state index is 1.31. The van der Waals surface area contributed by atoms with Crippen LogP contribution in [0.15, 0.2) is 382 Å². The zero-order valence-electron chi connectivity index (χ0n) is 57.4. The number of rotatable bonds is 6. The van der Waals surface area contributed by atoms with Crippen LogP contribution in [-0.2, 0) is 0 Å². The molecule has 18 aromatic rings. The summed E-state index contributed by atoms with van der Waals surface area (Å²) >= 11 is 0. The molecule has 3 heteroatoms. The monoisotopic (exact) mass is 1340 g/mol. The summed E-state index contributed by atoms with van der Waals surface area (Å²) in [5.41, 5.74) is 12.5. The lowest BCUT2D eigenvalue weighted by molar-refractivity contribution is 1.51. The molecule has 0 nitrogen and oxygen atoms in total. The Labute approximate surface area is 599 Å². The fraction of sp³-hybridized carbons (Fsp3) is 0.0303. The Balaban J connectivity index is 0.000000106. The zero-order chi connectivity index (χ0) is 68.1. The molecule has 0 spiro atoms. The van der Waals surface area contributed by atoms with Gasteiger partial charge in [-0.2, -0.15) is 0 Å². The van der Waals surface area contributed by atoms with Crippen LogP contribution in [0.3, 0.4) is 0 Å². The van der Waals surface area contributed by atoms with Crippen molar-refractivity contribution >= 4 is 151 Å². The first kappa shape index (κ1) is 61.3. The highest BCUT2D eigenvalue weighted by atomic mass is 28.3. The highest BCUT2D eigenvalue weighted by Gasteiger charge is 2.53. The van der Waals surface area contributed by atoms with Crippen LogP contribution in [0.2, 0.25) is 0 Å². The van der Waals surface area contributed by atoms with Gasteiger partial charge in [-0.1, -0.05) is 393 Å². The summed E-state index contributed by atoms with van der Waals surface area (Å²) in [6.45, 7) is 6.64. The Hall–Kier alpha value is -11.8. The van der Waals surface area contributed by atoms with Gasteiger partial charge in [0.2, 0.25) is 0 Å². The van der Waals surface area contributed by atoms with Gasteiger partial charge in [0, 0.05) is 0 Å². The second kappa shape index (κ2) is 24.5. The molecule has 0 fully saturated rings. The predicted octanol–water partition coefficient (Wildman–Crippen LogP) is 17.0. The summed E-state index contributed by atoms with van der Waals surface area (Å²) in [6.07, 6.45) is 0. The molecule has 102 heavy (non-hydrogen) atoms. The molecule has 0 N–H and O–H groups in total. The first-order chi connectivity index (χ1) is 50.4. The predicted molar refractivity (Wildman–Crippen MR) is 446 cm³/mol. The Morgan fingerprint density at radius 1 is 0.176 bits per heavy atom. The van der Waals surface area contributed by atoms with Gasteiger partial charge in [0.1, 0.15) is 0 Å². The van der Waals surface area contributed by atoms with Crippen molar-refractivity contribution in [3.8, 4) is 33.4 Å².